The molecular formula is C19H12N4O. The third kappa shape index (κ3) is 2.27. The van der Waals surface area contributed by atoms with Gasteiger partial charge in [0.05, 0.1) is 22.8 Å². The molecule has 4 rings (SSSR count). The van der Waals surface area contributed by atoms with Crippen LogP contribution < -0.4 is 5.69 Å². The number of nitrogens with zero attached hydrogens (tertiary/aromatic N) is 3. The Morgan fingerprint density at radius 3 is 2.29 bits per heavy atom. The van der Waals surface area contributed by atoms with Gasteiger partial charge in [0.2, 0.25) is 0 Å². The largest absolute Gasteiger partial charge is 0.332 e. The summed E-state index contributed by atoms with van der Waals surface area (Å²) in [6.45, 7) is 0. The minimum atomic E-state index is -0.213. The maximum absolute atomic E-state index is 12.2. The molecule has 0 aliphatic rings. The Labute approximate surface area is 137 Å². The summed E-state index contributed by atoms with van der Waals surface area (Å²) < 4.78 is 1.55. The highest BCUT2D eigenvalue weighted by Crippen LogP contribution is 2.22. The molecule has 5 nitrogen and oxygen atoms in total. The number of imidazole rings is 1. The van der Waals surface area contributed by atoms with Crippen LogP contribution in [0.25, 0.3) is 28.0 Å². The van der Waals surface area contributed by atoms with E-state index in [1.807, 2.05) is 42.5 Å². The summed E-state index contributed by atoms with van der Waals surface area (Å²) in [6.07, 6.45) is 1.66. The summed E-state index contributed by atoms with van der Waals surface area (Å²) in [6, 6.07) is 20.8. The molecule has 0 saturated heterocycles. The Morgan fingerprint density at radius 2 is 1.62 bits per heavy atom. The standard InChI is InChI=1S/C19H12N4O/c20-12-13-3-5-14(6-4-13)15-7-9-16(10-8-15)23-18-17(22-19(23)24)2-1-11-21-18/h1-11H,(H,22,24). The minimum Gasteiger partial charge on any atom is -0.304 e. The molecule has 114 valence electrons. The van der Waals surface area contributed by atoms with Crippen LogP contribution in [0.3, 0.4) is 0 Å². The number of H-pyrrole nitrogens is 1. The van der Waals surface area contributed by atoms with Crippen molar-refractivity contribution in [2.75, 3.05) is 0 Å². The second kappa shape index (κ2) is 5.52. The Kier molecular flexibility index (Phi) is 3.22. The number of hydrogen-bond acceptors (Lipinski definition) is 3. The zero-order valence-electron chi connectivity index (χ0n) is 12.6. The minimum absolute atomic E-state index is 0.213. The van der Waals surface area contributed by atoms with Crippen molar-refractivity contribution in [3.63, 3.8) is 0 Å². The van der Waals surface area contributed by atoms with Crippen molar-refractivity contribution in [2.24, 2.45) is 0 Å². The van der Waals surface area contributed by atoms with Crippen molar-refractivity contribution < 1.29 is 0 Å². The monoisotopic (exact) mass is 312 g/mol. The third-order valence-electron chi connectivity index (χ3n) is 3.92. The van der Waals surface area contributed by atoms with Crippen LogP contribution in [0.15, 0.2) is 71.7 Å². The predicted octanol–water partition coefficient (Wildman–Crippen LogP) is 3.25. The fourth-order valence-corrected chi connectivity index (χ4v) is 2.72. The van der Waals surface area contributed by atoms with Gasteiger partial charge in [-0.25, -0.2) is 14.3 Å². The number of pyridine rings is 1. The van der Waals surface area contributed by atoms with E-state index in [0.29, 0.717) is 16.7 Å². The molecule has 0 aliphatic heterocycles. The lowest BCUT2D eigenvalue weighted by Gasteiger charge is -2.05. The SMILES string of the molecule is N#Cc1ccc(-c2ccc(-n3c(=O)[nH]c4cccnc43)cc2)cc1. The molecule has 0 bridgehead atoms. The van der Waals surface area contributed by atoms with E-state index in [1.54, 1.807) is 29.0 Å². The highest BCUT2D eigenvalue weighted by molar-refractivity contribution is 5.73. The summed E-state index contributed by atoms with van der Waals surface area (Å²) in [5.74, 6) is 0. The molecule has 2 aromatic heterocycles. The maximum Gasteiger partial charge on any atom is 0.332 e. The second-order valence-corrected chi connectivity index (χ2v) is 5.38. The van der Waals surface area contributed by atoms with Gasteiger partial charge in [-0.05, 0) is 47.5 Å². The first-order chi connectivity index (χ1) is 11.8. The number of nitriles is 1. The quantitative estimate of drug-likeness (QED) is 0.617. The van der Waals surface area contributed by atoms with Crippen LogP contribution in [-0.2, 0) is 0 Å². The number of fused-ring (bicyclic) bond motifs is 1. The molecular weight excluding hydrogens is 300 g/mol. The second-order valence-electron chi connectivity index (χ2n) is 5.38. The maximum atomic E-state index is 12.2. The number of aromatic amines is 1. The van der Waals surface area contributed by atoms with E-state index in [0.717, 1.165) is 16.8 Å². The van der Waals surface area contributed by atoms with Crippen molar-refractivity contribution in [1.82, 2.24) is 14.5 Å². The summed E-state index contributed by atoms with van der Waals surface area (Å²) in [5, 5.41) is 8.86. The van der Waals surface area contributed by atoms with Crippen molar-refractivity contribution in [2.45, 2.75) is 0 Å². The van der Waals surface area contributed by atoms with E-state index in [-0.39, 0.29) is 5.69 Å². The van der Waals surface area contributed by atoms with Crippen LogP contribution in [0, 0.1) is 11.3 Å². The molecule has 2 aromatic carbocycles. The summed E-state index contributed by atoms with van der Waals surface area (Å²) in [7, 11) is 0. The molecule has 4 aromatic rings. The molecule has 0 atom stereocenters. The van der Waals surface area contributed by atoms with E-state index < -0.39 is 0 Å². The van der Waals surface area contributed by atoms with Crippen LogP contribution in [0.5, 0.6) is 0 Å². The molecule has 0 amide bonds. The Hall–Kier alpha value is -3.65. The van der Waals surface area contributed by atoms with Gasteiger partial charge in [-0.15, -0.1) is 0 Å². The van der Waals surface area contributed by atoms with Gasteiger partial charge in [0.25, 0.3) is 0 Å². The highest BCUT2D eigenvalue weighted by Gasteiger charge is 2.09. The highest BCUT2D eigenvalue weighted by atomic mass is 16.1. The van der Waals surface area contributed by atoms with Crippen LogP contribution >= 0.6 is 0 Å². The molecule has 24 heavy (non-hydrogen) atoms. The number of hydrogen-bond donors (Lipinski definition) is 1. The lowest BCUT2D eigenvalue weighted by atomic mass is 10.0. The van der Waals surface area contributed by atoms with Gasteiger partial charge in [-0.2, -0.15) is 5.26 Å². The average Bonchev–Trinajstić information content (AvgIpc) is 2.98. The van der Waals surface area contributed by atoms with Gasteiger partial charge in [-0.3, -0.25) is 0 Å². The van der Waals surface area contributed by atoms with Crippen molar-refractivity contribution >= 4 is 11.2 Å². The third-order valence-corrected chi connectivity index (χ3v) is 3.92. The van der Waals surface area contributed by atoms with Crippen molar-refractivity contribution in [3.05, 3.63) is 82.9 Å². The van der Waals surface area contributed by atoms with Crippen molar-refractivity contribution in [3.8, 4) is 22.9 Å². The van der Waals surface area contributed by atoms with Gasteiger partial charge in [0.1, 0.15) is 0 Å². The molecule has 5 heteroatoms. The van der Waals surface area contributed by atoms with Crippen LogP contribution in [-0.4, -0.2) is 14.5 Å². The van der Waals surface area contributed by atoms with Gasteiger partial charge in [-0.1, -0.05) is 24.3 Å². The Bertz CT molecular complexity index is 1110. The van der Waals surface area contributed by atoms with Gasteiger partial charge in [0, 0.05) is 6.20 Å². The molecule has 2 heterocycles. The molecule has 0 unspecified atom stereocenters. The summed E-state index contributed by atoms with van der Waals surface area (Å²) in [5.41, 5.74) is 4.52. The van der Waals surface area contributed by atoms with Gasteiger partial charge >= 0.3 is 5.69 Å². The van der Waals surface area contributed by atoms with Crippen LogP contribution in [0.2, 0.25) is 0 Å². The number of rotatable bonds is 2. The molecule has 0 saturated carbocycles. The summed E-state index contributed by atoms with van der Waals surface area (Å²) in [4.78, 5) is 19.3. The first-order valence-electron chi connectivity index (χ1n) is 7.43. The Balaban J connectivity index is 1.77. The molecule has 0 spiro atoms. The van der Waals surface area contributed by atoms with Gasteiger partial charge < -0.3 is 4.98 Å². The van der Waals surface area contributed by atoms with Crippen LogP contribution in [0.4, 0.5) is 0 Å². The number of aromatic nitrogens is 3. The first kappa shape index (κ1) is 14.0. The number of benzene rings is 2. The lowest BCUT2D eigenvalue weighted by molar-refractivity contribution is 1.00. The van der Waals surface area contributed by atoms with Crippen molar-refractivity contribution in [1.29, 1.82) is 5.26 Å². The fourth-order valence-electron chi connectivity index (χ4n) is 2.72. The molecule has 0 fully saturated rings. The first-order valence-corrected chi connectivity index (χ1v) is 7.43. The molecule has 0 radical (unpaired) electrons. The average molecular weight is 312 g/mol. The zero-order valence-corrected chi connectivity index (χ0v) is 12.6. The number of nitrogens with one attached hydrogen (secondary N) is 1. The predicted molar refractivity (Wildman–Crippen MR) is 91.8 cm³/mol. The topological polar surface area (TPSA) is 74.5 Å². The Morgan fingerprint density at radius 1 is 0.958 bits per heavy atom. The zero-order chi connectivity index (χ0) is 16.5. The lowest BCUT2D eigenvalue weighted by Crippen LogP contribution is -2.14. The molecule has 1 N–H and O–H groups in total. The van der Waals surface area contributed by atoms with E-state index in [2.05, 4.69) is 16.0 Å². The molecule has 0 aliphatic carbocycles. The summed E-state index contributed by atoms with van der Waals surface area (Å²) >= 11 is 0. The van der Waals surface area contributed by atoms with Gasteiger partial charge in [0.15, 0.2) is 5.65 Å². The normalized spacial score (nSPS) is 10.6. The van der Waals surface area contributed by atoms with E-state index in [4.69, 9.17) is 5.26 Å². The van der Waals surface area contributed by atoms with E-state index in [1.165, 1.54) is 0 Å². The smallest absolute Gasteiger partial charge is 0.304 e. The fraction of sp³-hybridized carbons (Fsp3) is 0. The van der Waals surface area contributed by atoms with E-state index >= 15 is 0 Å². The van der Waals surface area contributed by atoms with Crippen LogP contribution in [0.1, 0.15) is 5.56 Å². The van der Waals surface area contributed by atoms with E-state index in [9.17, 15) is 4.79 Å².